The van der Waals surface area contributed by atoms with Crippen molar-refractivity contribution in [3.63, 3.8) is 0 Å². The topological polar surface area (TPSA) is 68.3 Å². The van der Waals surface area contributed by atoms with Gasteiger partial charge in [0.2, 0.25) is 0 Å². The quantitative estimate of drug-likeness (QED) is 0.407. The van der Waals surface area contributed by atoms with Crippen LogP contribution >= 0.6 is 0 Å². The van der Waals surface area contributed by atoms with E-state index in [2.05, 4.69) is 48.6 Å². The highest BCUT2D eigenvalue weighted by Gasteiger charge is 2.11. The van der Waals surface area contributed by atoms with Gasteiger partial charge in [0.25, 0.3) is 0 Å². The van der Waals surface area contributed by atoms with Crippen molar-refractivity contribution in [2.24, 2.45) is 4.99 Å². The van der Waals surface area contributed by atoms with Gasteiger partial charge >= 0.3 is 0 Å². The number of nitrogens with zero attached hydrogens (tertiary/aromatic N) is 3. The molecule has 0 aliphatic carbocycles. The van der Waals surface area contributed by atoms with Crippen molar-refractivity contribution in [2.45, 2.75) is 6.92 Å². The summed E-state index contributed by atoms with van der Waals surface area (Å²) in [6.45, 7) is 6.80. The molecule has 22 heavy (non-hydrogen) atoms. The molecule has 6 heteroatoms. The van der Waals surface area contributed by atoms with Gasteiger partial charge in [-0.1, -0.05) is 11.8 Å². The second-order valence-corrected chi connectivity index (χ2v) is 5.18. The lowest BCUT2D eigenvalue weighted by atomic mass is 10.2. The van der Waals surface area contributed by atoms with E-state index < -0.39 is 0 Å². The van der Waals surface area contributed by atoms with Crippen molar-refractivity contribution in [3.05, 3.63) is 35.7 Å². The van der Waals surface area contributed by atoms with Gasteiger partial charge in [0, 0.05) is 38.3 Å². The smallest absolute Gasteiger partial charge is 0.165 e. The van der Waals surface area contributed by atoms with Crippen LogP contribution in [0.1, 0.15) is 12.5 Å². The van der Waals surface area contributed by atoms with Gasteiger partial charge in [0.15, 0.2) is 5.82 Å². The number of aliphatic imine (C=N–C) groups is 1. The predicted octanol–water partition coefficient (Wildman–Crippen LogP) is 0.760. The Kier molecular flexibility index (Phi) is 4.56. The van der Waals surface area contributed by atoms with E-state index in [0.717, 1.165) is 55.5 Å². The van der Waals surface area contributed by atoms with E-state index >= 15 is 0 Å². The van der Waals surface area contributed by atoms with Crippen LogP contribution in [0, 0.1) is 11.8 Å². The molecule has 0 radical (unpaired) electrons. The zero-order chi connectivity index (χ0) is 15.2. The lowest BCUT2D eigenvalue weighted by molar-refractivity contribution is 0.356. The van der Waals surface area contributed by atoms with Crippen LogP contribution in [0.15, 0.2) is 35.1 Å². The van der Waals surface area contributed by atoms with Crippen molar-refractivity contribution >= 4 is 11.7 Å². The van der Waals surface area contributed by atoms with Crippen molar-refractivity contribution in [1.29, 1.82) is 0 Å². The summed E-state index contributed by atoms with van der Waals surface area (Å²) in [7, 11) is 0. The fourth-order valence-corrected chi connectivity index (χ4v) is 2.36. The molecule has 0 atom stereocenters. The first-order valence-corrected chi connectivity index (χ1v) is 7.49. The second-order valence-electron chi connectivity index (χ2n) is 5.18. The molecule has 0 spiro atoms. The third kappa shape index (κ3) is 3.57. The molecule has 0 bridgehead atoms. The number of H-pyrrole nitrogens is 1. The molecule has 1 fully saturated rings. The van der Waals surface area contributed by atoms with E-state index in [9.17, 15) is 0 Å². The monoisotopic (exact) mass is 296 g/mol. The Morgan fingerprint density at radius 2 is 2.18 bits per heavy atom. The Bertz CT molecular complexity index is 664. The molecule has 3 N–H and O–H groups in total. The van der Waals surface area contributed by atoms with Gasteiger partial charge in [0.1, 0.15) is 5.84 Å². The Balaban J connectivity index is 1.75. The zero-order valence-corrected chi connectivity index (χ0v) is 12.7. The first-order valence-electron chi connectivity index (χ1n) is 7.49. The molecule has 6 nitrogen and oxygen atoms in total. The molecule has 2 aliphatic heterocycles. The molecule has 0 saturated carbocycles. The second kappa shape index (κ2) is 6.96. The third-order valence-electron chi connectivity index (χ3n) is 3.63. The maximum Gasteiger partial charge on any atom is 0.165 e. The van der Waals surface area contributed by atoms with E-state index in [1.54, 1.807) is 6.20 Å². The lowest BCUT2D eigenvalue weighted by Crippen LogP contribution is -2.45. The maximum atomic E-state index is 4.65. The summed E-state index contributed by atoms with van der Waals surface area (Å²) in [5.41, 5.74) is 1.83. The van der Waals surface area contributed by atoms with Gasteiger partial charge in [-0.2, -0.15) is 5.10 Å². The van der Waals surface area contributed by atoms with E-state index in [1.165, 1.54) is 0 Å². The molecular formula is C16H20N6. The van der Waals surface area contributed by atoms with E-state index in [1.807, 2.05) is 19.2 Å². The summed E-state index contributed by atoms with van der Waals surface area (Å²) >= 11 is 0. The molecule has 0 amide bonds. The van der Waals surface area contributed by atoms with Crippen LogP contribution in [0.3, 0.4) is 0 Å². The summed E-state index contributed by atoms with van der Waals surface area (Å²) in [4.78, 5) is 6.92. The first kappa shape index (κ1) is 14.4. The van der Waals surface area contributed by atoms with Gasteiger partial charge in [-0.05, 0) is 25.3 Å². The van der Waals surface area contributed by atoms with Crippen molar-refractivity contribution in [2.75, 3.05) is 32.7 Å². The van der Waals surface area contributed by atoms with Crippen LogP contribution in [0.2, 0.25) is 0 Å². The highest BCUT2D eigenvalue weighted by atomic mass is 15.2. The van der Waals surface area contributed by atoms with Crippen LogP contribution in [-0.2, 0) is 0 Å². The Morgan fingerprint density at radius 3 is 2.95 bits per heavy atom. The minimum Gasteiger partial charge on any atom is -0.387 e. The fourth-order valence-electron chi connectivity index (χ4n) is 2.36. The van der Waals surface area contributed by atoms with Gasteiger partial charge in [-0.25, -0.2) is 4.99 Å². The summed E-state index contributed by atoms with van der Waals surface area (Å²) in [5, 5.41) is 13.4. The third-order valence-corrected chi connectivity index (χ3v) is 3.63. The lowest BCUT2D eigenvalue weighted by Gasteiger charge is -2.28. The number of allylic oxidation sites excluding steroid dienone is 2. The fraction of sp³-hybridized carbons (Fsp3) is 0.375. The van der Waals surface area contributed by atoms with E-state index in [4.69, 9.17) is 0 Å². The Morgan fingerprint density at radius 1 is 1.32 bits per heavy atom. The summed E-state index contributed by atoms with van der Waals surface area (Å²) in [6.07, 6.45) is 7.66. The van der Waals surface area contributed by atoms with Crippen molar-refractivity contribution in [3.8, 4) is 11.8 Å². The number of aromatic amines is 1. The molecule has 0 unspecified atom stereocenters. The molecule has 3 heterocycles. The van der Waals surface area contributed by atoms with Crippen LogP contribution in [0.4, 0.5) is 5.82 Å². The number of hydrogen-bond donors (Lipinski definition) is 3. The van der Waals surface area contributed by atoms with Gasteiger partial charge in [0.05, 0.1) is 11.8 Å². The predicted molar refractivity (Wildman–Crippen MR) is 87.9 cm³/mol. The van der Waals surface area contributed by atoms with Crippen LogP contribution < -0.4 is 10.6 Å². The molecule has 0 aromatic carbocycles. The first-order chi connectivity index (χ1) is 10.8. The standard InChI is InChI=1S/C16H20N6/c1-13(22-10-8-18-9-11-22)20-16-15(12-19-21-16)3-2-14-4-6-17-7-5-14/h4-6,12,17-18H,7-11H2,1H3,(H,19,21). The highest BCUT2D eigenvalue weighted by molar-refractivity contribution is 5.82. The van der Waals surface area contributed by atoms with Crippen molar-refractivity contribution in [1.82, 2.24) is 25.7 Å². The largest absolute Gasteiger partial charge is 0.387 e. The molecule has 3 rings (SSSR count). The Hall–Kier alpha value is -2.52. The van der Waals surface area contributed by atoms with Gasteiger partial charge in [-0.15, -0.1) is 0 Å². The van der Waals surface area contributed by atoms with Crippen LogP contribution in [0.25, 0.3) is 0 Å². The number of aromatic nitrogens is 2. The molecular weight excluding hydrogens is 276 g/mol. The number of dihydropyridines is 1. The van der Waals surface area contributed by atoms with E-state index in [-0.39, 0.29) is 0 Å². The van der Waals surface area contributed by atoms with Gasteiger partial charge < -0.3 is 15.5 Å². The Labute approximate surface area is 130 Å². The number of amidine groups is 1. The molecule has 1 aromatic rings. The van der Waals surface area contributed by atoms with Crippen LogP contribution in [-0.4, -0.2) is 53.7 Å². The summed E-state index contributed by atoms with van der Waals surface area (Å²) in [5.74, 6) is 8.01. The van der Waals surface area contributed by atoms with Crippen molar-refractivity contribution < 1.29 is 0 Å². The molecule has 114 valence electrons. The van der Waals surface area contributed by atoms with E-state index in [0.29, 0.717) is 0 Å². The van der Waals surface area contributed by atoms with Crippen LogP contribution in [0.5, 0.6) is 0 Å². The highest BCUT2D eigenvalue weighted by Crippen LogP contribution is 2.15. The summed E-state index contributed by atoms with van der Waals surface area (Å²) in [6, 6.07) is 0. The number of nitrogens with one attached hydrogen (secondary N) is 3. The SMILES string of the molecule is CC(=Nc1[nH]ncc1C#CC1=CCNC=C1)N1CCNCC1. The number of piperazine rings is 1. The minimum atomic E-state index is 0.724. The average Bonchev–Trinajstić information content (AvgIpc) is 3.02. The maximum absolute atomic E-state index is 4.65. The zero-order valence-electron chi connectivity index (χ0n) is 12.7. The normalized spacial score (nSPS) is 18.3. The molecule has 1 aromatic heterocycles. The number of rotatable bonds is 1. The van der Waals surface area contributed by atoms with Gasteiger partial charge in [-0.3, -0.25) is 5.10 Å². The molecule has 2 aliphatic rings. The molecule has 1 saturated heterocycles. The summed E-state index contributed by atoms with van der Waals surface area (Å²) < 4.78 is 0. The average molecular weight is 296 g/mol. The minimum absolute atomic E-state index is 0.724. The number of hydrogen-bond acceptors (Lipinski definition) is 4.